The zero-order valence-corrected chi connectivity index (χ0v) is 17.4. The number of imidazole rings is 1. The number of fused-ring (bicyclic) bond motifs is 1. The molecule has 0 bridgehead atoms. The minimum Gasteiger partial charge on any atom is -0.473 e. The Kier molecular flexibility index (Phi) is 5.16. The first kappa shape index (κ1) is 20.2. The average molecular weight is 441 g/mol. The first-order valence-electron chi connectivity index (χ1n) is 10.0. The smallest absolute Gasteiger partial charge is 0.214 e. The largest absolute Gasteiger partial charge is 0.473 e. The maximum Gasteiger partial charge on any atom is 0.214 e. The normalized spacial score (nSPS) is 11.9. The van der Waals surface area contributed by atoms with Crippen LogP contribution in [0.1, 0.15) is 12.5 Å². The summed E-state index contributed by atoms with van der Waals surface area (Å²) in [5.41, 5.74) is 2.96. The van der Waals surface area contributed by atoms with Crippen LogP contribution >= 0.6 is 0 Å². The number of ether oxygens (including phenoxy) is 1. The number of nitriles is 1. The third kappa shape index (κ3) is 4.09. The first-order valence-corrected chi connectivity index (χ1v) is 10.0. The molecule has 33 heavy (non-hydrogen) atoms. The van der Waals surface area contributed by atoms with Crippen LogP contribution in [0.25, 0.3) is 28.3 Å². The van der Waals surface area contributed by atoms with Crippen LogP contribution < -0.4 is 4.74 Å². The third-order valence-corrected chi connectivity index (χ3v) is 4.88. The lowest BCUT2D eigenvalue weighted by atomic mass is 10.1. The van der Waals surface area contributed by atoms with Crippen molar-refractivity contribution >= 4 is 5.65 Å². The Morgan fingerprint density at radius 1 is 1.15 bits per heavy atom. The Balaban J connectivity index is 1.48. The number of pyridine rings is 1. The van der Waals surface area contributed by atoms with Crippen LogP contribution in [-0.2, 0) is 6.54 Å². The third-order valence-electron chi connectivity index (χ3n) is 4.88. The van der Waals surface area contributed by atoms with E-state index in [0.29, 0.717) is 46.3 Å². The van der Waals surface area contributed by atoms with Crippen molar-refractivity contribution in [2.75, 3.05) is 0 Å². The van der Waals surface area contributed by atoms with E-state index in [1.165, 1.54) is 24.5 Å². The fourth-order valence-corrected chi connectivity index (χ4v) is 3.41. The van der Waals surface area contributed by atoms with E-state index in [1.807, 2.05) is 19.1 Å². The molecule has 4 heterocycles. The van der Waals surface area contributed by atoms with Gasteiger partial charge in [0.1, 0.15) is 23.9 Å². The summed E-state index contributed by atoms with van der Waals surface area (Å²) in [6, 6.07) is 15.0. The van der Waals surface area contributed by atoms with Crippen LogP contribution in [0.5, 0.6) is 5.88 Å². The van der Waals surface area contributed by atoms with Crippen molar-refractivity contribution in [3.63, 3.8) is 0 Å². The van der Waals surface area contributed by atoms with Gasteiger partial charge in [0.2, 0.25) is 5.88 Å². The molecule has 0 N–H and O–H groups in total. The number of hydrogen-bond acceptors (Lipinski definition) is 8. The van der Waals surface area contributed by atoms with Crippen molar-refractivity contribution in [2.45, 2.75) is 19.6 Å². The maximum absolute atomic E-state index is 13.9. The molecule has 0 radical (unpaired) electrons. The summed E-state index contributed by atoms with van der Waals surface area (Å²) in [7, 11) is 0. The second-order valence-corrected chi connectivity index (χ2v) is 7.26. The predicted octanol–water partition coefficient (Wildman–Crippen LogP) is 2.92. The summed E-state index contributed by atoms with van der Waals surface area (Å²) in [5, 5.41) is 25.1. The molecule has 5 rings (SSSR count). The summed E-state index contributed by atoms with van der Waals surface area (Å²) in [6.45, 7) is 2.36. The topological polar surface area (TPSA) is 120 Å². The van der Waals surface area contributed by atoms with Crippen LogP contribution in [0.15, 0.2) is 61.1 Å². The minimum atomic E-state index is -0.447. The molecule has 10 nitrogen and oxygen atoms in total. The molecular weight excluding hydrogens is 425 g/mol. The molecule has 0 saturated carbocycles. The number of rotatable bonds is 6. The second-order valence-electron chi connectivity index (χ2n) is 7.26. The Morgan fingerprint density at radius 3 is 2.88 bits per heavy atom. The summed E-state index contributed by atoms with van der Waals surface area (Å²) >= 11 is 0. The van der Waals surface area contributed by atoms with Gasteiger partial charge in [-0.05, 0) is 53.7 Å². The van der Waals surface area contributed by atoms with E-state index in [4.69, 9.17) is 4.74 Å². The van der Waals surface area contributed by atoms with Crippen LogP contribution in [0.3, 0.4) is 0 Å². The number of tetrazole rings is 1. The fourth-order valence-electron chi connectivity index (χ4n) is 3.41. The zero-order valence-electron chi connectivity index (χ0n) is 17.4. The van der Waals surface area contributed by atoms with Gasteiger partial charge in [-0.2, -0.15) is 10.4 Å². The highest BCUT2D eigenvalue weighted by Gasteiger charge is 2.15. The standard InChI is InChI=1S/C22H16FN9O/c1-14(12-31-13-26-29-30-31)33-22-4-2-3-18(27-22)19-7-8-21-25-11-20(32(21)28-19)17-9-16(23)6-5-15(17)10-24/h2-9,11,13-14H,12H2,1H3. The second kappa shape index (κ2) is 8.43. The van der Waals surface area contributed by atoms with Gasteiger partial charge in [0.15, 0.2) is 5.65 Å². The van der Waals surface area contributed by atoms with Gasteiger partial charge in [0, 0.05) is 11.6 Å². The molecule has 0 amide bonds. The lowest BCUT2D eigenvalue weighted by molar-refractivity contribution is 0.185. The number of hydrogen-bond donors (Lipinski definition) is 0. The Labute approximate surface area is 186 Å². The van der Waals surface area contributed by atoms with Gasteiger partial charge < -0.3 is 4.74 Å². The molecule has 0 fully saturated rings. The van der Waals surface area contributed by atoms with Crippen LogP contribution in [0.4, 0.5) is 4.39 Å². The van der Waals surface area contributed by atoms with Crippen molar-refractivity contribution in [3.05, 3.63) is 72.4 Å². The molecule has 0 aliphatic carbocycles. The Bertz CT molecular complexity index is 1470. The van der Waals surface area contributed by atoms with E-state index in [9.17, 15) is 9.65 Å². The molecule has 162 valence electrons. The Morgan fingerprint density at radius 2 is 2.06 bits per heavy atom. The molecule has 0 spiro atoms. The van der Waals surface area contributed by atoms with Crippen LogP contribution in [-0.4, -0.2) is 45.9 Å². The highest BCUT2D eigenvalue weighted by Crippen LogP contribution is 2.26. The minimum absolute atomic E-state index is 0.218. The summed E-state index contributed by atoms with van der Waals surface area (Å²) in [5.74, 6) is -0.0184. The van der Waals surface area contributed by atoms with Gasteiger partial charge in [-0.3, -0.25) is 0 Å². The fraction of sp³-hybridized carbons (Fsp3) is 0.136. The van der Waals surface area contributed by atoms with Crippen LogP contribution in [0.2, 0.25) is 0 Å². The highest BCUT2D eigenvalue weighted by molar-refractivity contribution is 5.70. The van der Waals surface area contributed by atoms with E-state index in [0.717, 1.165) is 0 Å². The van der Waals surface area contributed by atoms with Gasteiger partial charge in [0.05, 0.1) is 35.8 Å². The van der Waals surface area contributed by atoms with Crippen molar-refractivity contribution < 1.29 is 9.13 Å². The lowest BCUT2D eigenvalue weighted by Crippen LogP contribution is -2.20. The van der Waals surface area contributed by atoms with Crippen molar-refractivity contribution in [1.82, 2.24) is 39.8 Å². The molecule has 11 heteroatoms. The Hall–Kier alpha value is -4.72. The highest BCUT2D eigenvalue weighted by atomic mass is 19.1. The molecule has 0 aliphatic rings. The molecule has 4 aromatic heterocycles. The molecule has 0 saturated heterocycles. The van der Waals surface area contributed by atoms with Gasteiger partial charge in [-0.15, -0.1) is 5.10 Å². The number of aromatic nitrogens is 8. The van der Waals surface area contributed by atoms with E-state index < -0.39 is 5.82 Å². The monoisotopic (exact) mass is 441 g/mol. The van der Waals surface area contributed by atoms with E-state index in [-0.39, 0.29) is 6.10 Å². The van der Waals surface area contributed by atoms with Crippen molar-refractivity contribution in [1.29, 1.82) is 5.26 Å². The molecule has 1 unspecified atom stereocenters. The quantitative estimate of drug-likeness (QED) is 0.394. The molecule has 0 aliphatic heterocycles. The average Bonchev–Trinajstić information content (AvgIpc) is 3.48. The van der Waals surface area contributed by atoms with Gasteiger partial charge in [0.25, 0.3) is 0 Å². The van der Waals surface area contributed by atoms with Crippen molar-refractivity contribution in [3.8, 4) is 34.6 Å². The summed E-state index contributed by atoms with van der Waals surface area (Å²) < 4.78 is 22.9. The summed E-state index contributed by atoms with van der Waals surface area (Å²) in [4.78, 5) is 8.89. The zero-order chi connectivity index (χ0) is 22.8. The maximum atomic E-state index is 13.9. The van der Waals surface area contributed by atoms with E-state index in [2.05, 4.69) is 36.7 Å². The number of halogens is 1. The van der Waals surface area contributed by atoms with Gasteiger partial charge >= 0.3 is 0 Å². The molecule has 5 aromatic rings. The molecule has 1 aromatic carbocycles. The number of benzene rings is 1. The van der Waals surface area contributed by atoms with Gasteiger partial charge in [-0.1, -0.05) is 6.07 Å². The summed E-state index contributed by atoms with van der Waals surface area (Å²) in [6.07, 6.45) is 2.86. The lowest BCUT2D eigenvalue weighted by Gasteiger charge is -2.13. The first-order chi connectivity index (χ1) is 16.1. The van der Waals surface area contributed by atoms with Crippen molar-refractivity contribution in [2.24, 2.45) is 0 Å². The van der Waals surface area contributed by atoms with E-state index >= 15 is 0 Å². The molecule has 1 atom stereocenters. The number of nitrogens with zero attached hydrogens (tertiary/aromatic N) is 9. The van der Waals surface area contributed by atoms with Gasteiger partial charge in [-0.25, -0.2) is 23.6 Å². The molecular formula is C22H16FN9O. The SMILES string of the molecule is CC(Cn1cnnn1)Oc1cccc(-c2ccc3ncc(-c4cc(F)ccc4C#N)n3n2)n1. The predicted molar refractivity (Wildman–Crippen MR) is 114 cm³/mol. The van der Waals surface area contributed by atoms with E-state index in [1.54, 1.807) is 33.6 Å². The van der Waals surface area contributed by atoms with Crippen LogP contribution in [0, 0.1) is 17.1 Å².